The number of methoxy groups -OCH3 is 1. The lowest BCUT2D eigenvalue weighted by molar-refractivity contribution is 0.0511. The fraction of sp³-hybridized carbons (Fsp3) is 0.375. The highest BCUT2D eigenvalue weighted by molar-refractivity contribution is 6.32. The average molecular weight is 352 g/mol. The van der Waals surface area contributed by atoms with Crippen molar-refractivity contribution in [1.29, 1.82) is 5.26 Å². The van der Waals surface area contributed by atoms with Crippen LogP contribution < -0.4 is 10.4 Å². The Balaban J connectivity index is 2.21. The molecule has 1 aliphatic heterocycles. The summed E-state index contributed by atoms with van der Waals surface area (Å²) >= 11 is 5.96. The Morgan fingerprint density at radius 1 is 1.42 bits per heavy atom. The molecule has 0 N–H and O–H groups in total. The molecule has 6 nitrogen and oxygen atoms in total. The van der Waals surface area contributed by atoms with Crippen molar-refractivity contribution in [3.8, 4) is 17.5 Å². The summed E-state index contributed by atoms with van der Waals surface area (Å²) < 4.78 is 27.2. The van der Waals surface area contributed by atoms with E-state index in [0.717, 1.165) is 23.5 Å². The molecule has 2 heterocycles. The number of benzene rings is 1. The number of hydrogen-bond acceptors (Lipinski definition) is 4. The molecule has 24 heavy (non-hydrogen) atoms. The van der Waals surface area contributed by atoms with Crippen LogP contribution >= 0.6 is 11.6 Å². The highest BCUT2D eigenvalue weighted by atomic mass is 35.5. The van der Waals surface area contributed by atoms with E-state index in [4.69, 9.17) is 21.1 Å². The van der Waals surface area contributed by atoms with E-state index >= 15 is 0 Å². The van der Waals surface area contributed by atoms with Gasteiger partial charge in [-0.05, 0) is 25.3 Å². The lowest BCUT2D eigenvalue weighted by Gasteiger charge is -2.12. The molecule has 0 atom stereocenters. The largest absolute Gasteiger partial charge is 0.466 e. The van der Waals surface area contributed by atoms with Crippen molar-refractivity contribution in [3.63, 3.8) is 0 Å². The minimum atomic E-state index is -0.702. The van der Waals surface area contributed by atoms with Gasteiger partial charge in [-0.3, -0.25) is 4.57 Å². The maximum Gasteiger partial charge on any atom is 0.334 e. The maximum atomic E-state index is 14.4. The first kappa shape index (κ1) is 16.6. The van der Waals surface area contributed by atoms with E-state index in [-0.39, 0.29) is 28.9 Å². The highest BCUT2D eigenvalue weighted by Crippen LogP contribution is 2.31. The van der Waals surface area contributed by atoms with E-state index in [9.17, 15) is 14.4 Å². The zero-order chi connectivity index (χ0) is 17.3. The molecule has 0 radical (unpaired) electrons. The van der Waals surface area contributed by atoms with Gasteiger partial charge < -0.3 is 9.47 Å². The average Bonchev–Trinajstić information content (AvgIpc) is 2.87. The summed E-state index contributed by atoms with van der Waals surface area (Å²) in [4.78, 5) is 12.7. The molecule has 1 aromatic heterocycles. The van der Waals surface area contributed by atoms with E-state index in [1.54, 1.807) is 0 Å². The van der Waals surface area contributed by atoms with Crippen LogP contribution in [-0.4, -0.2) is 23.0 Å². The van der Waals surface area contributed by atoms with E-state index in [1.165, 1.54) is 17.7 Å². The van der Waals surface area contributed by atoms with Gasteiger partial charge in [0.2, 0.25) is 0 Å². The van der Waals surface area contributed by atoms with Crippen LogP contribution in [-0.2, 0) is 17.7 Å². The van der Waals surface area contributed by atoms with Crippen LogP contribution in [0.1, 0.15) is 24.2 Å². The van der Waals surface area contributed by atoms with Gasteiger partial charge in [-0.1, -0.05) is 11.6 Å². The summed E-state index contributed by atoms with van der Waals surface area (Å²) in [5, 5.41) is 9.54. The molecular weight excluding hydrogens is 337 g/mol. The molecule has 8 heteroatoms. The molecule has 1 aliphatic rings. The number of nitriles is 1. The zero-order valence-corrected chi connectivity index (χ0v) is 13.8. The molecule has 0 saturated carbocycles. The SMILES string of the molecule is COCOc1cc(-n2c(C#N)c3n(c2=O)CCCC3)c(F)cc1Cl. The summed E-state index contributed by atoms with van der Waals surface area (Å²) in [6.07, 6.45) is 2.36. The normalized spacial score (nSPS) is 13.4. The van der Waals surface area contributed by atoms with Crippen molar-refractivity contribution < 1.29 is 13.9 Å². The fourth-order valence-electron chi connectivity index (χ4n) is 2.90. The third kappa shape index (κ3) is 2.68. The summed E-state index contributed by atoms with van der Waals surface area (Å²) in [6.45, 7) is 0.454. The minimum absolute atomic E-state index is 0.0591. The van der Waals surface area contributed by atoms with Crippen LogP contribution in [0.25, 0.3) is 5.69 Å². The van der Waals surface area contributed by atoms with E-state index in [1.807, 2.05) is 6.07 Å². The van der Waals surface area contributed by atoms with Crippen molar-refractivity contribution in [3.05, 3.63) is 44.8 Å². The quantitative estimate of drug-likeness (QED) is 0.794. The monoisotopic (exact) mass is 351 g/mol. The second-order valence-electron chi connectivity index (χ2n) is 5.42. The van der Waals surface area contributed by atoms with E-state index in [0.29, 0.717) is 18.7 Å². The van der Waals surface area contributed by atoms with Crippen LogP contribution in [0.15, 0.2) is 16.9 Å². The predicted molar refractivity (Wildman–Crippen MR) is 85.2 cm³/mol. The smallest absolute Gasteiger partial charge is 0.334 e. The highest BCUT2D eigenvalue weighted by Gasteiger charge is 2.25. The topological polar surface area (TPSA) is 69.2 Å². The summed E-state index contributed by atoms with van der Waals surface area (Å²) in [6, 6.07) is 4.40. The number of imidazole rings is 1. The number of nitrogens with zero attached hydrogens (tertiary/aromatic N) is 3. The van der Waals surface area contributed by atoms with Gasteiger partial charge in [-0.15, -0.1) is 0 Å². The van der Waals surface area contributed by atoms with Gasteiger partial charge in [0.1, 0.15) is 23.3 Å². The molecule has 0 spiro atoms. The Labute approximate surface area is 142 Å². The van der Waals surface area contributed by atoms with Crippen LogP contribution in [0.2, 0.25) is 5.02 Å². The Morgan fingerprint density at radius 2 is 2.21 bits per heavy atom. The molecule has 0 aliphatic carbocycles. The van der Waals surface area contributed by atoms with Gasteiger partial charge in [0.05, 0.1) is 16.4 Å². The molecule has 2 aromatic rings. The Bertz CT molecular complexity index is 882. The van der Waals surface area contributed by atoms with Gasteiger partial charge in [-0.25, -0.2) is 13.8 Å². The van der Waals surface area contributed by atoms with Gasteiger partial charge in [0, 0.05) is 19.7 Å². The summed E-state index contributed by atoms with van der Waals surface area (Å²) in [5.74, 6) is -0.527. The van der Waals surface area contributed by atoms with Crippen molar-refractivity contribution in [2.45, 2.75) is 25.8 Å². The molecule has 0 fully saturated rings. The van der Waals surface area contributed by atoms with Gasteiger partial charge in [0.15, 0.2) is 6.79 Å². The number of fused-ring (bicyclic) bond motifs is 1. The zero-order valence-electron chi connectivity index (χ0n) is 13.0. The fourth-order valence-corrected chi connectivity index (χ4v) is 3.10. The van der Waals surface area contributed by atoms with Gasteiger partial charge >= 0.3 is 5.69 Å². The van der Waals surface area contributed by atoms with E-state index in [2.05, 4.69) is 0 Å². The molecule has 0 bridgehead atoms. The van der Waals surface area contributed by atoms with Crippen molar-refractivity contribution in [2.24, 2.45) is 0 Å². The second-order valence-corrected chi connectivity index (χ2v) is 5.83. The van der Waals surface area contributed by atoms with Crippen LogP contribution in [0, 0.1) is 17.1 Å². The Hall–Kier alpha value is -2.30. The third-order valence-electron chi connectivity index (χ3n) is 3.97. The summed E-state index contributed by atoms with van der Waals surface area (Å²) in [5.41, 5.74) is 0.301. The third-order valence-corrected chi connectivity index (χ3v) is 4.27. The van der Waals surface area contributed by atoms with Gasteiger partial charge in [0.25, 0.3) is 0 Å². The number of halogens is 2. The summed E-state index contributed by atoms with van der Waals surface area (Å²) in [7, 11) is 1.44. The van der Waals surface area contributed by atoms with Crippen molar-refractivity contribution in [1.82, 2.24) is 9.13 Å². The Kier molecular flexibility index (Phi) is 4.60. The van der Waals surface area contributed by atoms with Gasteiger partial charge in [-0.2, -0.15) is 5.26 Å². The van der Waals surface area contributed by atoms with Crippen LogP contribution in [0.4, 0.5) is 4.39 Å². The first-order chi connectivity index (χ1) is 11.6. The predicted octanol–water partition coefficient (Wildman–Crippen LogP) is 2.62. The molecule has 0 amide bonds. The number of rotatable bonds is 4. The molecule has 1 aromatic carbocycles. The molecule has 0 unspecified atom stereocenters. The maximum absolute atomic E-state index is 14.4. The second kappa shape index (κ2) is 6.67. The number of aromatic nitrogens is 2. The van der Waals surface area contributed by atoms with Crippen LogP contribution in [0.3, 0.4) is 0 Å². The molecule has 126 valence electrons. The van der Waals surface area contributed by atoms with E-state index < -0.39 is 11.5 Å². The Morgan fingerprint density at radius 3 is 2.92 bits per heavy atom. The van der Waals surface area contributed by atoms with Crippen LogP contribution in [0.5, 0.6) is 5.75 Å². The number of hydrogen-bond donors (Lipinski definition) is 0. The molecule has 3 rings (SSSR count). The first-order valence-electron chi connectivity index (χ1n) is 7.44. The number of ether oxygens (including phenoxy) is 2. The molecule has 0 saturated heterocycles. The van der Waals surface area contributed by atoms with Crippen molar-refractivity contribution >= 4 is 11.6 Å². The van der Waals surface area contributed by atoms with Crippen molar-refractivity contribution in [2.75, 3.05) is 13.9 Å². The lowest BCUT2D eigenvalue weighted by atomic mass is 10.1. The lowest BCUT2D eigenvalue weighted by Crippen LogP contribution is -2.26. The minimum Gasteiger partial charge on any atom is -0.466 e. The standard InChI is InChI=1S/C16H15ClFN3O3/c1-23-9-24-15-7-13(11(18)6-10(15)17)21-14(8-19)12-4-2-3-5-20(12)16(21)22/h6-7H,2-5,9H2,1H3. The first-order valence-corrected chi connectivity index (χ1v) is 7.82. The molecular formula is C16H15ClFN3O3.